The molecule has 0 spiro atoms. The van der Waals surface area contributed by atoms with Crippen LogP contribution >= 0.6 is 0 Å². The van der Waals surface area contributed by atoms with Gasteiger partial charge in [-0.2, -0.15) is 8.42 Å². The number of ether oxygens (including phenoxy) is 4. The summed E-state index contributed by atoms with van der Waals surface area (Å²) in [4.78, 5) is 25.5. The number of unbranched alkanes of at least 4 members (excludes halogenated alkanes) is 28. The van der Waals surface area contributed by atoms with Crippen LogP contribution < -0.4 is 0 Å². The fourth-order valence-corrected chi connectivity index (χ4v) is 8.65. The number of esters is 2. The summed E-state index contributed by atoms with van der Waals surface area (Å²) in [5.74, 6) is -1.98. The lowest BCUT2D eigenvalue weighted by atomic mass is 10.00. The van der Waals surface area contributed by atoms with Gasteiger partial charge in [0.05, 0.1) is 6.61 Å². The van der Waals surface area contributed by atoms with E-state index < -0.39 is 71.2 Å². The fraction of sp³-hybridized carbons (Fsp3) is 0.882. The Labute approximate surface area is 389 Å². The summed E-state index contributed by atoms with van der Waals surface area (Å²) in [6.07, 6.45) is 37.8. The lowest BCUT2D eigenvalue weighted by Gasteiger charge is -2.40. The van der Waals surface area contributed by atoms with Crippen molar-refractivity contribution >= 4 is 22.1 Å². The molecule has 4 N–H and O–H groups in total. The summed E-state index contributed by atoms with van der Waals surface area (Å²) in [7, 11) is -4.60. The Bertz CT molecular complexity index is 1270. The number of aliphatic hydroxyl groups excluding tert-OH is 3. The van der Waals surface area contributed by atoms with E-state index in [0.717, 1.165) is 38.5 Å². The van der Waals surface area contributed by atoms with Gasteiger partial charge < -0.3 is 34.3 Å². The third-order valence-corrected chi connectivity index (χ3v) is 12.8. The topological polar surface area (TPSA) is 186 Å². The van der Waals surface area contributed by atoms with Crippen LogP contribution in [0.25, 0.3) is 0 Å². The molecule has 6 atom stereocenters. The van der Waals surface area contributed by atoms with Gasteiger partial charge in [-0.3, -0.25) is 14.1 Å². The maximum absolute atomic E-state index is 12.9. The molecule has 0 bridgehead atoms. The Morgan fingerprint density at radius 3 is 1.31 bits per heavy atom. The van der Waals surface area contributed by atoms with Crippen LogP contribution in [0.1, 0.15) is 232 Å². The first-order valence-corrected chi connectivity index (χ1v) is 27.5. The normalized spacial score (nSPS) is 19.8. The summed E-state index contributed by atoms with van der Waals surface area (Å²) in [5.41, 5.74) is 0. The standard InChI is InChI=1S/C51H94O12S/c1-3-5-7-9-11-13-15-17-19-21-22-24-26-28-30-32-34-36-38-40-47(53)62-44(42-61-51-50(56)49(55)48(54)45(63-51)43-64(57,58)59)41-60-46(52)39-37-35-33-31-29-27-25-23-20-18-16-14-12-10-8-6-4-2/h14,16-17,19,44-45,48-51,54-56H,3-13,15,18,20-43H2,1-2H3,(H,57,58,59)/b16-14+,19-17+/t44-,45-,48-,49?,50?,51+/m1/s1. The average Bonchev–Trinajstić information content (AvgIpc) is 3.26. The second kappa shape index (κ2) is 41.3. The van der Waals surface area contributed by atoms with Gasteiger partial charge in [0.25, 0.3) is 10.1 Å². The molecule has 0 aliphatic carbocycles. The number of hydrogen-bond acceptors (Lipinski definition) is 11. The van der Waals surface area contributed by atoms with Crippen LogP contribution in [0.4, 0.5) is 0 Å². The molecule has 64 heavy (non-hydrogen) atoms. The number of carbonyl (C=O) groups excluding carboxylic acids is 2. The quantitative estimate of drug-likeness (QED) is 0.0196. The van der Waals surface area contributed by atoms with E-state index in [1.165, 1.54) is 154 Å². The molecule has 0 radical (unpaired) electrons. The predicted molar refractivity (Wildman–Crippen MR) is 256 cm³/mol. The lowest BCUT2D eigenvalue weighted by molar-refractivity contribution is -0.297. The number of allylic oxidation sites excluding steroid dienone is 4. The van der Waals surface area contributed by atoms with Gasteiger partial charge in [0.15, 0.2) is 12.4 Å². The molecule has 0 aromatic rings. The molecule has 2 unspecified atom stereocenters. The first-order chi connectivity index (χ1) is 31.0. The van der Waals surface area contributed by atoms with E-state index in [2.05, 4.69) is 38.2 Å². The van der Waals surface area contributed by atoms with Crippen molar-refractivity contribution < 1.29 is 56.8 Å². The van der Waals surface area contributed by atoms with Crippen molar-refractivity contribution in [3.63, 3.8) is 0 Å². The zero-order valence-corrected chi connectivity index (χ0v) is 41.2. The minimum atomic E-state index is -4.60. The number of hydrogen-bond donors (Lipinski definition) is 4. The lowest BCUT2D eigenvalue weighted by Crippen LogP contribution is -2.60. The van der Waals surface area contributed by atoms with Crippen molar-refractivity contribution in [1.82, 2.24) is 0 Å². The summed E-state index contributed by atoms with van der Waals surface area (Å²) < 4.78 is 54.2. The Morgan fingerprint density at radius 2 is 0.891 bits per heavy atom. The molecule has 1 rings (SSSR count). The fourth-order valence-electron chi connectivity index (χ4n) is 7.96. The number of rotatable bonds is 44. The first-order valence-electron chi connectivity index (χ1n) is 25.9. The Kier molecular flexibility index (Phi) is 38.8. The van der Waals surface area contributed by atoms with Gasteiger partial charge in [0, 0.05) is 12.8 Å². The van der Waals surface area contributed by atoms with Crippen LogP contribution in [-0.4, -0.2) is 96.0 Å². The number of aliphatic hydroxyl groups is 3. The largest absolute Gasteiger partial charge is 0.462 e. The van der Waals surface area contributed by atoms with Crippen molar-refractivity contribution in [1.29, 1.82) is 0 Å². The zero-order valence-electron chi connectivity index (χ0n) is 40.4. The van der Waals surface area contributed by atoms with E-state index in [1.54, 1.807) is 0 Å². The third kappa shape index (κ3) is 35.3. The van der Waals surface area contributed by atoms with Crippen molar-refractivity contribution in [2.45, 2.75) is 269 Å². The highest BCUT2D eigenvalue weighted by Gasteiger charge is 2.46. The van der Waals surface area contributed by atoms with E-state index in [-0.39, 0.29) is 19.4 Å². The van der Waals surface area contributed by atoms with E-state index in [9.17, 15) is 37.9 Å². The minimum Gasteiger partial charge on any atom is -0.462 e. The SMILES string of the molecule is CCCCCC/C=C/CCCCCCCCCCCC(=O)OC[C@H](CO[C@H]1O[C@H](CS(=O)(=O)O)[C@@H](O)C(O)C1O)OC(=O)CCCCCCCCCCC/C=C/CCCCCCCC. The van der Waals surface area contributed by atoms with Crippen LogP contribution in [0.5, 0.6) is 0 Å². The van der Waals surface area contributed by atoms with Crippen LogP contribution in [0.15, 0.2) is 24.3 Å². The monoisotopic (exact) mass is 931 g/mol. The van der Waals surface area contributed by atoms with Gasteiger partial charge in [-0.25, -0.2) is 0 Å². The maximum Gasteiger partial charge on any atom is 0.306 e. The molecule has 0 aromatic carbocycles. The highest BCUT2D eigenvalue weighted by molar-refractivity contribution is 7.85. The van der Waals surface area contributed by atoms with Crippen molar-refractivity contribution in [3.8, 4) is 0 Å². The molecule has 1 fully saturated rings. The van der Waals surface area contributed by atoms with Gasteiger partial charge >= 0.3 is 11.9 Å². The minimum absolute atomic E-state index is 0.164. The molecule has 12 nitrogen and oxygen atoms in total. The van der Waals surface area contributed by atoms with E-state index in [1.807, 2.05) is 0 Å². The maximum atomic E-state index is 12.9. The molecular weight excluding hydrogens is 837 g/mol. The molecule has 1 saturated heterocycles. The van der Waals surface area contributed by atoms with Gasteiger partial charge in [-0.05, 0) is 64.2 Å². The Balaban J connectivity index is 2.37. The third-order valence-electron chi connectivity index (χ3n) is 12.0. The van der Waals surface area contributed by atoms with Crippen molar-refractivity contribution in [2.75, 3.05) is 19.0 Å². The zero-order chi connectivity index (χ0) is 46.9. The van der Waals surface area contributed by atoms with Gasteiger partial charge in [-0.1, -0.05) is 179 Å². The molecule has 0 saturated carbocycles. The smallest absolute Gasteiger partial charge is 0.306 e. The van der Waals surface area contributed by atoms with Crippen molar-refractivity contribution in [3.05, 3.63) is 24.3 Å². The molecule has 1 heterocycles. The highest BCUT2D eigenvalue weighted by atomic mass is 32.2. The molecule has 1 aliphatic rings. The second-order valence-corrected chi connectivity index (χ2v) is 19.7. The molecule has 13 heteroatoms. The molecule has 1 aliphatic heterocycles. The van der Waals surface area contributed by atoms with E-state index in [0.29, 0.717) is 12.8 Å². The van der Waals surface area contributed by atoms with Crippen LogP contribution in [0.2, 0.25) is 0 Å². The van der Waals surface area contributed by atoms with E-state index >= 15 is 0 Å². The van der Waals surface area contributed by atoms with Gasteiger partial charge in [0.1, 0.15) is 36.8 Å². The Morgan fingerprint density at radius 1 is 0.516 bits per heavy atom. The van der Waals surface area contributed by atoms with Crippen LogP contribution in [0.3, 0.4) is 0 Å². The predicted octanol–water partition coefficient (Wildman–Crippen LogP) is 11.6. The summed E-state index contributed by atoms with van der Waals surface area (Å²) in [5, 5.41) is 31.0. The Hall–Kier alpha value is -1.87. The molecule has 376 valence electrons. The van der Waals surface area contributed by atoms with Gasteiger partial charge in [0.2, 0.25) is 0 Å². The summed E-state index contributed by atoms with van der Waals surface area (Å²) >= 11 is 0. The summed E-state index contributed by atoms with van der Waals surface area (Å²) in [6.45, 7) is 3.77. The van der Waals surface area contributed by atoms with Crippen LogP contribution in [0, 0.1) is 0 Å². The highest BCUT2D eigenvalue weighted by Crippen LogP contribution is 2.24. The van der Waals surface area contributed by atoms with Crippen LogP contribution in [-0.2, 0) is 38.7 Å². The summed E-state index contributed by atoms with van der Waals surface area (Å²) in [6, 6.07) is 0. The van der Waals surface area contributed by atoms with Crippen molar-refractivity contribution in [2.24, 2.45) is 0 Å². The first kappa shape index (κ1) is 60.1. The average molecular weight is 931 g/mol. The molecule has 0 amide bonds. The van der Waals surface area contributed by atoms with E-state index in [4.69, 9.17) is 18.9 Å². The number of carbonyl (C=O) groups is 2. The van der Waals surface area contributed by atoms with Gasteiger partial charge in [-0.15, -0.1) is 0 Å². The second-order valence-electron chi connectivity index (χ2n) is 18.2. The molecular formula is C51H94O12S. The molecule has 0 aromatic heterocycles.